The van der Waals surface area contributed by atoms with Gasteiger partial charge in [0.25, 0.3) is 0 Å². The van der Waals surface area contributed by atoms with Crippen molar-refractivity contribution in [2.24, 2.45) is 10.9 Å². The molecule has 0 aliphatic rings. The molecule has 0 bridgehead atoms. The van der Waals surface area contributed by atoms with Crippen LogP contribution in [-0.4, -0.2) is 6.21 Å². The summed E-state index contributed by atoms with van der Waals surface area (Å²) >= 11 is 0. The third kappa shape index (κ3) is 5.21. The zero-order chi connectivity index (χ0) is 6.24. The van der Waals surface area contributed by atoms with Gasteiger partial charge in [0.05, 0.1) is 0 Å². The van der Waals surface area contributed by atoms with Gasteiger partial charge in [-0.3, -0.25) is 0 Å². The molecule has 0 unspecified atom stereocenters. The van der Waals surface area contributed by atoms with Crippen LogP contribution in [0.3, 0.4) is 0 Å². The highest BCUT2D eigenvalue weighted by Gasteiger charge is 1.76. The predicted octanol–water partition coefficient (Wildman–Crippen LogP) is 1.29. The summed E-state index contributed by atoms with van der Waals surface area (Å²) in [7, 11) is 0. The van der Waals surface area contributed by atoms with Crippen molar-refractivity contribution in [3.8, 4) is 0 Å². The van der Waals surface area contributed by atoms with Crippen molar-refractivity contribution in [2.75, 3.05) is 0 Å². The topological polar surface area (TPSA) is 38.4 Å². The quantitative estimate of drug-likeness (QED) is 0.192. The minimum absolute atomic E-state index is 0.961. The molecular weight excluding hydrogens is 100 g/mol. The molecule has 0 amide bonds. The summed E-state index contributed by atoms with van der Waals surface area (Å²) in [6, 6.07) is 0. The van der Waals surface area contributed by atoms with E-state index in [9.17, 15) is 0 Å². The Kier molecular flexibility index (Phi) is 5.60. The fraction of sp³-hybridized carbons (Fsp3) is 0.500. The second-order valence-corrected chi connectivity index (χ2v) is 1.55. The molecule has 0 radical (unpaired) electrons. The molecular formula is C6H12N2. The number of unbranched alkanes of at least 4 members (excludes halogenated alkanes) is 2. The average Bonchev–Trinajstić information content (AvgIpc) is 1.81. The van der Waals surface area contributed by atoms with Crippen LogP contribution < -0.4 is 5.84 Å². The van der Waals surface area contributed by atoms with Gasteiger partial charge in [0, 0.05) is 6.21 Å². The first-order valence-corrected chi connectivity index (χ1v) is 2.74. The maximum absolute atomic E-state index is 4.85. The number of hydrogen-bond donors (Lipinski definition) is 1. The first-order chi connectivity index (χ1) is 3.91. The summed E-state index contributed by atoms with van der Waals surface area (Å²) < 4.78 is 0. The molecule has 2 nitrogen and oxygen atoms in total. The first kappa shape index (κ1) is 7.21. The van der Waals surface area contributed by atoms with Gasteiger partial charge in [-0.1, -0.05) is 6.08 Å². The van der Waals surface area contributed by atoms with Gasteiger partial charge in [0.2, 0.25) is 0 Å². The Hall–Kier alpha value is -0.790. The molecule has 46 valence electrons. The van der Waals surface area contributed by atoms with Crippen molar-refractivity contribution in [3.63, 3.8) is 0 Å². The van der Waals surface area contributed by atoms with E-state index in [0.717, 1.165) is 19.3 Å². The molecule has 0 atom stereocenters. The number of hydrazone groups is 1. The molecule has 0 fully saturated rings. The Balaban J connectivity index is 2.82. The predicted molar refractivity (Wildman–Crippen MR) is 36.7 cm³/mol. The van der Waals surface area contributed by atoms with Crippen molar-refractivity contribution in [3.05, 3.63) is 12.7 Å². The van der Waals surface area contributed by atoms with Gasteiger partial charge in [-0.05, 0) is 19.3 Å². The molecule has 0 aliphatic heterocycles. The fourth-order valence-corrected chi connectivity index (χ4v) is 0.428. The molecule has 0 aromatic rings. The Morgan fingerprint density at radius 1 is 1.50 bits per heavy atom. The van der Waals surface area contributed by atoms with E-state index in [1.807, 2.05) is 6.08 Å². The van der Waals surface area contributed by atoms with E-state index >= 15 is 0 Å². The summed E-state index contributed by atoms with van der Waals surface area (Å²) in [6.07, 6.45) is 6.71. The first-order valence-electron chi connectivity index (χ1n) is 2.74. The number of nitrogens with two attached hydrogens (primary N) is 1. The van der Waals surface area contributed by atoms with Crippen LogP contribution in [0.25, 0.3) is 0 Å². The molecule has 8 heavy (non-hydrogen) atoms. The van der Waals surface area contributed by atoms with Gasteiger partial charge in [0.1, 0.15) is 0 Å². The van der Waals surface area contributed by atoms with Crippen LogP contribution in [0.15, 0.2) is 17.8 Å². The third-order valence-electron chi connectivity index (χ3n) is 0.847. The summed E-state index contributed by atoms with van der Waals surface area (Å²) in [6.45, 7) is 3.58. The van der Waals surface area contributed by atoms with Crippen molar-refractivity contribution >= 4 is 6.21 Å². The lowest BCUT2D eigenvalue weighted by molar-refractivity contribution is 0.902. The lowest BCUT2D eigenvalue weighted by Crippen LogP contribution is -1.82. The molecule has 0 saturated carbocycles. The largest absolute Gasteiger partial charge is 0.324 e. The molecule has 0 saturated heterocycles. The zero-order valence-electron chi connectivity index (χ0n) is 5.01. The number of nitrogens with zero attached hydrogens (tertiary/aromatic N) is 1. The molecule has 0 heterocycles. The van der Waals surface area contributed by atoms with Crippen molar-refractivity contribution < 1.29 is 0 Å². The number of rotatable bonds is 4. The van der Waals surface area contributed by atoms with Crippen LogP contribution in [0.2, 0.25) is 0 Å². The Bertz CT molecular complexity index is 76.6. The standard InChI is InChI=1S/C6H12N2/c1-2-3-4-5-6-8-7/h2,6H,1,3-5,7H2/b8-6+. The SMILES string of the molecule is C=CCCC/C=N/N. The zero-order valence-corrected chi connectivity index (χ0v) is 5.01. The van der Waals surface area contributed by atoms with Gasteiger partial charge in [-0.25, -0.2) is 0 Å². The molecule has 2 N–H and O–H groups in total. The maximum atomic E-state index is 4.85. The van der Waals surface area contributed by atoms with Crippen LogP contribution in [0.4, 0.5) is 0 Å². The van der Waals surface area contributed by atoms with Crippen LogP contribution in [0, 0.1) is 0 Å². The van der Waals surface area contributed by atoms with Gasteiger partial charge < -0.3 is 5.84 Å². The summed E-state index contributed by atoms with van der Waals surface area (Å²) in [4.78, 5) is 0. The van der Waals surface area contributed by atoms with E-state index in [-0.39, 0.29) is 0 Å². The molecule has 0 aromatic carbocycles. The number of allylic oxidation sites excluding steroid dienone is 1. The molecule has 0 rings (SSSR count). The van der Waals surface area contributed by atoms with Crippen molar-refractivity contribution in [2.45, 2.75) is 19.3 Å². The van der Waals surface area contributed by atoms with Gasteiger partial charge in [-0.2, -0.15) is 5.10 Å². The normalized spacial score (nSPS) is 10.0. The minimum atomic E-state index is 0.961. The van der Waals surface area contributed by atoms with Gasteiger partial charge >= 0.3 is 0 Å². The smallest absolute Gasteiger partial charge is 0.0240 e. The summed E-state index contributed by atoms with van der Waals surface area (Å²) in [5.74, 6) is 4.85. The van der Waals surface area contributed by atoms with Crippen LogP contribution in [0.1, 0.15) is 19.3 Å². The third-order valence-corrected chi connectivity index (χ3v) is 0.847. The van der Waals surface area contributed by atoms with E-state index in [1.165, 1.54) is 0 Å². The van der Waals surface area contributed by atoms with Crippen LogP contribution >= 0.6 is 0 Å². The molecule has 0 aliphatic carbocycles. The maximum Gasteiger partial charge on any atom is 0.0240 e. The van der Waals surface area contributed by atoms with E-state index in [2.05, 4.69) is 11.7 Å². The van der Waals surface area contributed by atoms with Crippen molar-refractivity contribution in [1.82, 2.24) is 0 Å². The lowest BCUT2D eigenvalue weighted by atomic mass is 10.2. The Morgan fingerprint density at radius 2 is 2.25 bits per heavy atom. The van der Waals surface area contributed by atoms with Gasteiger partial charge in [0.15, 0.2) is 0 Å². The Labute approximate surface area is 50.1 Å². The Morgan fingerprint density at radius 3 is 2.75 bits per heavy atom. The van der Waals surface area contributed by atoms with Gasteiger partial charge in [-0.15, -0.1) is 6.58 Å². The molecule has 2 heteroatoms. The summed E-state index contributed by atoms with van der Waals surface area (Å²) in [5, 5.41) is 3.35. The van der Waals surface area contributed by atoms with E-state index in [4.69, 9.17) is 5.84 Å². The van der Waals surface area contributed by atoms with E-state index in [1.54, 1.807) is 6.21 Å². The highest BCUT2D eigenvalue weighted by Crippen LogP contribution is 1.91. The van der Waals surface area contributed by atoms with Crippen molar-refractivity contribution in [1.29, 1.82) is 0 Å². The van der Waals surface area contributed by atoms with E-state index < -0.39 is 0 Å². The number of hydrogen-bond acceptors (Lipinski definition) is 2. The molecule has 0 spiro atoms. The lowest BCUT2D eigenvalue weighted by Gasteiger charge is -1.84. The van der Waals surface area contributed by atoms with E-state index in [0.29, 0.717) is 0 Å². The van der Waals surface area contributed by atoms with Crippen LogP contribution in [-0.2, 0) is 0 Å². The second-order valence-electron chi connectivity index (χ2n) is 1.55. The minimum Gasteiger partial charge on any atom is -0.324 e. The molecule has 0 aromatic heterocycles. The second kappa shape index (κ2) is 6.21. The highest BCUT2D eigenvalue weighted by atomic mass is 15.1. The van der Waals surface area contributed by atoms with Crippen LogP contribution in [0.5, 0.6) is 0 Å². The average molecular weight is 112 g/mol. The monoisotopic (exact) mass is 112 g/mol. The summed E-state index contributed by atoms with van der Waals surface area (Å²) in [5.41, 5.74) is 0. The fourth-order valence-electron chi connectivity index (χ4n) is 0.428. The highest BCUT2D eigenvalue weighted by molar-refractivity contribution is 5.56.